The minimum atomic E-state index is 0.775. The van der Waals surface area contributed by atoms with Gasteiger partial charge in [0.2, 0.25) is 0 Å². The van der Waals surface area contributed by atoms with Crippen molar-refractivity contribution < 1.29 is 4.74 Å². The Bertz CT molecular complexity index is 1130. The lowest BCUT2D eigenvalue weighted by atomic mass is 10.0. The van der Waals surface area contributed by atoms with Crippen molar-refractivity contribution in [1.29, 1.82) is 0 Å². The quantitative estimate of drug-likeness (QED) is 0.261. The van der Waals surface area contributed by atoms with Crippen LogP contribution in [-0.4, -0.2) is 6.61 Å². The molecule has 1 heteroatoms. The predicted octanol–water partition coefficient (Wildman–Crippen LogP) is 7.71. The fourth-order valence-corrected chi connectivity index (χ4v) is 3.48. The molecule has 0 N–H and O–H groups in total. The van der Waals surface area contributed by atoms with Crippen molar-refractivity contribution in [2.75, 3.05) is 6.61 Å². The Balaban J connectivity index is 1.60. The van der Waals surface area contributed by atoms with Gasteiger partial charge in [-0.15, -0.1) is 0 Å². The van der Waals surface area contributed by atoms with Crippen LogP contribution in [0.25, 0.3) is 0 Å². The molecule has 3 aromatic rings. The van der Waals surface area contributed by atoms with Crippen molar-refractivity contribution in [3.63, 3.8) is 0 Å². The van der Waals surface area contributed by atoms with Gasteiger partial charge in [-0.25, -0.2) is 0 Å². The molecule has 0 unspecified atom stereocenters. The molecule has 0 heterocycles. The van der Waals surface area contributed by atoms with Gasteiger partial charge >= 0.3 is 0 Å². The molecule has 33 heavy (non-hydrogen) atoms. The van der Waals surface area contributed by atoms with Gasteiger partial charge in [-0.2, -0.15) is 0 Å². The van der Waals surface area contributed by atoms with E-state index in [2.05, 4.69) is 80.9 Å². The van der Waals surface area contributed by atoms with Crippen LogP contribution in [0.3, 0.4) is 0 Å². The summed E-state index contributed by atoms with van der Waals surface area (Å²) in [6.45, 7) is 7.29. The molecule has 0 aliphatic carbocycles. The Morgan fingerprint density at radius 3 is 1.91 bits per heavy atom. The standard InChI is InChI=1S/C32H34O/c1-4-6-8-24-33-32-22-18-29(19-23-32)14-15-30-17-21-31(26(3)25-30)20-16-28-12-10-27(11-13-28)9-7-5-2/h10-13,17-19,21-23,25H,4-9,24H2,1-3H3. The van der Waals surface area contributed by atoms with Gasteiger partial charge in [-0.05, 0) is 91.9 Å². The van der Waals surface area contributed by atoms with Gasteiger partial charge in [-0.1, -0.05) is 68.9 Å². The summed E-state index contributed by atoms with van der Waals surface area (Å²) in [4.78, 5) is 0. The summed E-state index contributed by atoms with van der Waals surface area (Å²) in [6.07, 6.45) is 7.11. The number of rotatable bonds is 8. The van der Waals surface area contributed by atoms with Crippen molar-refractivity contribution in [2.24, 2.45) is 0 Å². The van der Waals surface area contributed by atoms with Crippen LogP contribution in [0.15, 0.2) is 66.7 Å². The number of hydrogen-bond donors (Lipinski definition) is 0. The first kappa shape index (κ1) is 24.2. The zero-order chi connectivity index (χ0) is 23.3. The Morgan fingerprint density at radius 2 is 1.24 bits per heavy atom. The van der Waals surface area contributed by atoms with Crippen molar-refractivity contribution in [1.82, 2.24) is 0 Å². The lowest BCUT2D eigenvalue weighted by Gasteiger charge is -2.05. The maximum absolute atomic E-state index is 5.77. The van der Waals surface area contributed by atoms with E-state index in [0.717, 1.165) is 53.0 Å². The van der Waals surface area contributed by atoms with E-state index in [1.165, 1.54) is 31.2 Å². The van der Waals surface area contributed by atoms with E-state index in [9.17, 15) is 0 Å². The van der Waals surface area contributed by atoms with Gasteiger partial charge in [-0.3, -0.25) is 0 Å². The number of unbranched alkanes of at least 4 members (excludes halogenated alkanes) is 3. The average Bonchev–Trinajstić information content (AvgIpc) is 2.85. The third kappa shape index (κ3) is 8.21. The van der Waals surface area contributed by atoms with Gasteiger partial charge in [0.15, 0.2) is 0 Å². The summed E-state index contributed by atoms with van der Waals surface area (Å²) in [5.41, 5.74) is 6.61. The molecule has 0 saturated carbocycles. The maximum atomic E-state index is 5.77. The average molecular weight is 435 g/mol. The van der Waals surface area contributed by atoms with E-state index in [-0.39, 0.29) is 0 Å². The molecule has 0 aromatic heterocycles. The minimum absolute atomic E-state index is 0.775. The third-order valence-corrected chi connectivity index (χ3v) is 5.56. The van der Waals surface area contributed by atoms with Crippen LogP contribution in [0, 0.1) is 30.6 Å². The van der Waals surface area contributed by atoms with Crippen LogP contribution >= 0.6 is 0 Å². The first-order valence-electron chi connectivity index (χ1n) is 12.1. The van der Waals surface area contributed by atoms with Crippen molar-refractivity contribution in [3.8, 4) is 29.4 Å². The first-order valence-corrected chi connectivity index (χ1v) is 12.1. The third-order valence-electron chi connectivity index (χ3n) is 5.56. The van der Waals surface area contributed by atoms with Crippen LogP contribution in [0.4, 0.5) is 0 Å². The zero-order valence-electron chi connectivity index (χ0n) is 20.2. The first-order chi connectivity index (χ1) is 16.2. The Kier molecular flexibility index (Phi) is 9.69. The molecular weight excluding hydrogens is 400 g/mol. The molecule has 168 valence electrons. The van der Waals surface area contributed by atoms with Crippen molar-refractivity contribution in [3.05, 3.63) is 100 Å². The maximum Gasteiger partial charge on any atom is 0.119 e. The molecule has 0 atom stereocenters. The van der Waals surface area contributed by atoms with Gasteiger partial charge in [0.1, 0.15) is 5.75 Å². The van der Waals surface area contributed by atoms with E-state index >= 15 is 0 Å². The van der Waals surface area contributed by atoms with Crippen LogP contribution in [-0.2, 0) is 6.42 Å². The van der Waals surface area contributed by atoms with Crippen LogP contribution in [0.1, 0.15) is 79.3 Å². The highest BCUT2D eigenvalue weighted by Crippen LogP contribution is 2.14. The molecule has 0 aliphatic heterocycles. The second kappa shape index (κ2) is 13.2. The monoisotopic (exact) mass is 434 g/mol. The summed E-state index contributed by atoms with van der Waals surface area (Å²) < 4.78 is 5.77. The lowest BCUT2D eigenvalue weighted by molar-refractivity contribution is 0.306. The molecule has 3 aromatic carbocycles. The normalized spacial score (nSPS) is 10.0. The number of hydrogen-bond acceptors (Lipinski definition) is 1. The molecule has 0 spiro atoms. The number of aryl methyl sites for hydroxylation is 2. The number of ether oxygens (including phenoxy) is 1. The Morgan fingerprint density at radius 1 is 0.636 bits per heavy atom. The van der Waals surface area contributed by atoms with Crippen molar-refractivity contribution >= 4 is 0 Å². The van der Waals surface area contributed by atoms with Gasteiger partial charge in [0, 0.05) is 22.3 Å². The lowest BCUT2D eigenvalue weighted by Crippen LogP contribution is -1.96. The highest BCUT2D eigenvalue weighted by Gasteiger charge is 1.98. The predicted molar refractivity (Wildman–Crippen MR) is 140 cm³/mol. The minimum Gasteiger partial charge on any atom is -0.494 e. The fourth-order valence-electron chi connectivity index (χ4n) is 3.48. The Labute approximate surface area is 200 Å². The summed E-state index contributed by atoms with van der Waals surface area (Å²) in [5, 5.41) is 0. The SMILES string of the molecule is CCCCCOc1ccc(C#Cc2ccc(C#Cc3ccc(CCCC)cc3)c(C)c2)cc1. The van der Waals surface area contributed by atoms with Crippen molar-refractivity contribution in [2.45, 2.75) is 59.3 Å². The molecule has 3 rings (SSSR count). The van der Waals surface area contributed by atoms with Crippen LogP contribution < -0.4 is 4.74 Å². The number of benzene rings is 3. The molecular formula is C32H34O. The zero-order valence-corrected chi connectivity index (χ0v) is 20.2. The second-order valence-electron chi connectivity index (χ2n) is 8.41. The summed E-state index contributed by atoms with van der Waals surface area (Å²) in [6, 6.07) is 22.9. The summed E-state index contributed by atoms with van der Waals surface area (Å²) >= 11 is 0. The smallest absolute Gasteiger partial charge is 0.119 e. The summed E-state index contributed by atoms with van der Waals surface area (Å²) in [7, 11) is 0. The molecule has 0 fully saturated rings. The second-order valence-corrected chi connectivity index (χ2v) is 8.41. The van der Waals surface area contributed by atoms with E-state index < -0.39 is 0 Å². The van der Waals surface area contributed by atoms with Gasteiger partial charge in [0.05, 0.1) is 6.61 Å². The largest absolute Gasteiger partial charge is 0.494 e. The van der Waals surface area contributed by atoms with Crippen LogP contribution in [0.2, 0.25) is 0 Å². The molecule has 0 bridgehead atoms. The highest BCUT2D eigenvalue weighted by molar-refractivity contribution is 5.51. The van der Waals surface area contributed by atoms with E-state index in [0.29, 0.717) is 0 Å². The molecule has 1 nitrogen and oxygen atoms in total. The highest BCUT2D eigenvalue weighted by atomic mass is 16.5. The summed E-state index contributed by atoms with van der Waals surface area (Å²) in [5.74, 6) is 14.0. The molecule has 0 aliphatic rings. The van der Waals surface area contributed by atoms with Gasteiger partial charge < -0.3 is 4.74 Å². The fraction of sp³-hybridized carbons (Fsp3) is 0.312. The topological polar surface area (TPSA) is 9.23 Å². The van der Waals surface area contributed by atoms with Crippen LogP contribution in [0.5, 0.6) is 5.75 Å². The molecule has 0 radical (unpaired) electrons. The van der Waals surface area contributed by atoms with E-state index in [1.807, 2.05) is 30.3 Å². The van der Waals surface area contributed by atoms with E-state index in [4.69, 9.17) is 4.74 Å². The Hall–Kier alpha value is -3.42. The van der Waals surface area contributed by atoms with E-state index in [1.54, 1.807) is 0 Å². The van der Waals surface area contributed by atoms with Gasteiger partial charge in [0.25, 0.3) is 0 Å². The molecule has 0 saturated heterocycles. The molecule has 0 amide bonds.